The Kier molecular flexibility index (Phi) is 6.70. The van der Waals surface area contributed by atoms with Crippen LogP contribution in [0.15, 0.2) is 17.5 Å². The number of hydrogen-bond donors (Lipinski definition) is 1. The molecular formula is C20H31N3O2S. The van der Waals surface area contributed by atoms with E-state index in [9.17, 15) is 9.59 Å². The van der Waals surface area contributed by atoms with E-state index in [0.717, 1.165) is 32.5 Å². The molecule has 0 saturated carbocycles. The minimum Gasteiger partial charge on any atom is -0.354 e. The number of carbonyl (C=O) groups is 2. The van der Waals surface area contributed by atoms with E-state index in [1.807, 2.05) is 18.7 Å². The molecule has 0 aliphatic carbocycles. The van der Waals surface area contributed by atoms with Gasteiger partial charge < -0.3 is 10.2 Å². The molecule has 2 aliphatic rings. The Morgan fingerprint density at radius 2 is 2.00 bits per heavy atom. The second-order valence-corrected chi connectivity index (χ2v) is 8.78. The molecule has 1 aromatic heterocycles. The fraction of sp³-hybridized carbons (Fsp3) is 0.700. The van der Waals surface area contributed by atoms with Gasteiger partial charge in [0.1, 0.15) is 0 Å². The van der Waals surface area contributed by atoms with Gasteiger partial charge in [0.25, 0.3) is 0 Å². The molecule has 0 unspecified atom stereocenters. The predicted octanol–water partition coefficient (Wildman–Crippen LogP) is 2.90. The van der Waals surface area contributed by atoms with E-state index in [1.165, 1.54) is 17.7 Å². The summed E-state index contributed by atoms with van der Waals surface area (Å²) in [4.78, 5) is 30.7. The lowest BCUT2D eigenvalue weighted by molar-refractivity contribution is -0.138. The monoisotopic (exact) mass is 377 g/mol. The third-order valence-electron chi connectivity index (χ3n) is 5.52. The van der Waals surface area contributed by atoms with Gasteiger partial charge in [0.05, 0.1) is 12.0 Å². The minimum atomic E-state index is -0.0750. The Hall–Kier alpha value is -1.40. The van der Waals surface area contributed by atoms with Crippen LogP contribution in [0.5, 0.6) is 0 Å². The Morgan fingerprint density at radius 1 is 1.23 bits per heavy atom. The summed E-state index contributed by atoms with van der Waals surface area (Å²) in [5.41, 5.74) is 0. The molecule has 1 aromatic rings. The highest BCUT2D eigenvalue weighted by atomic mass is 32.1. The van der Waals surface area contributed by atoms with Crippen molar-refractivity contribution in [2.45, 2.75) is 45.6 Å². The fourth-order valence-corrected chi connectivity index (χ4v) is 4.90. The van der Waals surface area contributed by atoms with E-state index in [2.05, 4.69) is 27.7 Å². The van der Waals surface area contributed by atoms with Gasteiger partial charge in [-0.2, -0.15) is 0 Å². The molecular weight excluding hydrogens is 346 g/mol. The van der Waals surface area contributed by atoms with Crippen LogP contribution in [-0.4, -0.2) is 54.3 Å². The van der Waals surface area contributed by atoms with Crippen LogP contribution in [0.4, 0.5) is 0 Å². The first kappa shape index (κ1) is 19.4. The maximum atomic E-state index is 12.8. The Bertz CT molecular complexity index is 596. The van der Waals surface area contributed by atoms with Gasteiger partial charge in [0, 0.05) is 30.4 Å². The van der Waals surface area contributed by atoms with E-state index in [4.69, 9.17) is 0 Å². The van der Waals surface area contributed by atoms with Crippen LogP contribution in [-0.2, 0) is 9.59 Å². The molecule has 1 N–H and O–H groups in total. The third-order valence-corrected chi connectivity index (χ3v) is 6.49. The lowest BCUT2D eigenvalue weighted by Crippen LogP contribution is -2.47. The average Bonchev–Trinajstić information content (AvgIpc) is 3.35. The van der Waals surface area contributed by atoms with Crippen LogP contribution < -0.4 is 5.32 Å². The van der Waals surface area contributed by atoms with Gasteiger partial charge in [-0.3, -0.25) is 14.5 Å². The summed E-state index contributed by atoms with van der Waals surface area (Å²) in [6.07, 6.45) is 4.27. The highest BCUT2D eigenvalue weighted by Gasteiger charge is 2.30. The minimum absolute atomic E-state index is 0.00446. The lowest BCUT2D eigenvalue weighted by Gasteiger charge is -2.34. The highest BCUT2D eigenvalue weighted by Crippen LogP contribution is 2.28. The average molecular weight is 378 g/mol. The van der Waals surface area contributed by atoms with Gasteiger partial charge >= 0.3 is 0 Å². The molecule has 0 bridgehead atoms. The number of likely N-dealkylation sites (tertiary alicyclic amines) is 2. The van der Waals surface area contributed by atoms with Crippen molar-refractivity contribution in [2.75, 3.05) is 32.7 Å². The van der Waals surface area contributed by atoms with Crippen LogP contribution >= 0.6 is 11.3 Å². The lowest BCUT2D eigenvalue weighted by atomic mass is 9.96. The first-order valence-corrected chi connectivity index (χ1v) is 10.8. The Balaban J connectivity index is 1.57. The van der Waals surface area contributed by atoms with Crippen molar-refractivity contribution in [3.05, 3.63) is 22.4 Å². The fourth-order valence-electron chi connectivity index (χ4n) is 4.04. The molecule has 0 aromatic carbocycles. The second kappa shape index (κ2) is 9.00. The summed E-state index contributed by atoms with van der Waals surface area (Å²) >= 11 is 1.77. The number of nitrogens with one attached hydrogen (secondary N) is 1. The summed E-state index contributed by atoms with van der Waals surface area (Å²) in [6.45, 7) is 8.08. The van der Waals surface area contributed by atoms with Crippen molar-refractivity contribution in [2.24, 2.45) is 11.8 Å². The first-order valence-electron chi connectivity index (χ1n) is 9.90. The quantitative estimate of drug-likeness (QED) is 0.829. The molecule has 26 heavy (non-hydrogen) atoms. The zero-order chi connectivity index (χ0) is 18.5. The van der Waals surface area contributed by atoms with Crippen molar-refractivity contribution in [1.29, 1.82) is 0 Å². The molecule has 2 amide bonds. The number of piperidine rings is 1. The molecule has 2 saturated heterocycles. The summed E-state index contributed by atoms with van der Waals surface area (Å²) in [5.74, 6) is 0.187. The van der Waals surface area contributed by atoms with Crippen LogP contribution in [0.25, 0.3) is 0 Å². The van der Waals surface area contributed by atoms with Gasteiger partial charge in [0.2, 0.25) is 11.8 Å². The van der Waals surface area contributed by atoms with Crippen molar-refractivity contribution in [3.63, 3.8) is 0 Å². The number of nitrogens with zero attached hydrogens (tertiary/aromatic N) is 2. The van der Waals surface area contributed by atoms with Crippen LogP contribution in [0.1, 0.15) is 50.4 Å². The van der Waals surface area contributed by atoms with Crippen molar-refractivity contribution >= 4 is 23.2 Å². The SMILES string of the molecule is CC(C)C(=O)N1CCC[C@@H](C(=O)NC[C@H](c2cccs2)N2CCCC2)C1. The third kappa shape index (κ3) is 4.65. The van der Waals surface area contributed by atoms with Crippen LogP contribution in [0.2, 0.25) is 0 Å². The molecule has 2 aliphatic heterocycles. The zero-order valence-corrected chi connectivity index (χ0v) is 16.8. The van der Waals surface area contributed by atoms with E-state index in [0.29, 0.717) is 13.1 Å². The molecule has 2 atom stereocenters. The van der Waals surface area contributed by atoms with Gasteiger partial charge in [-0.25, -0.2) is 0 Å². The van der Waals surface area contributed by atoms with Gasteiger partial charge in [-0.1, -0.05) is 19.9 Å². The largest absolute Gasteiger partial charge is 0.354 e. The number of amides is 2. The van der Waals surface area contributed by atoms with Crippen molar-refractivity contribution in [3.8, 4) is 0 Å². The highest BCUT2D eigenvalue weighted by molar-refractivity contribution is 7.10. The normalized spacial score (nSPS) is 22.6. The van der Waals surface area contributed by atoms with E-state index < -0.39 is 0 Å². The molecule has 144 valence electrons. The number of thiophene rings is 1. The molecule has 0 radical (unpaired) electrons. The van der Waals surface area contributed by atoms with Crippen LogP contribution in [0, 0.1) is 11.8 Å². The summed E-state index contributed by atoms with van der Waals surface area (Å²) in [6, 6.07) is 4.53. The predicted molar refractivity (Wildman–Crippen MR) is 105 cm³/mol. The molecule has 6 heteroatoms. The Morgan fingerprint density at radius 3 is 2.65 bits per heavy atom. The summed E-state index contributed by atoms with van der Waals surface area (Å²) < 4.78 is 0. The summed E-state index contributed by atoms with van der Waals surface area (Å²) in [5, 5.41) is 5.30. The first-order chi connectivity index (χ1) is 12.6. The van der Waals surface area contributed by atoms with Crippen molar-refractivity contribution < 1.29 is 9.59 Å². The van der Waals surface area contributed by atoms with Crippen LogP contribution in [0.3, 0.4) is 0 Å². The molecule has 0 spiro atoms. The molecule has 3 rings (SSSR count). The maximum absolute atomic E-state index is 12.8. The van der Waals surface area contributed by atoms with E-state index in [1.54, 1.807) is 11.3 Å². The van der Waals surface area contributed by atoms with E-state index in [-0.39, 0.29) is 29.7 Å². The smallest absolute Gasteiger partial charge is 0.225 e. The number of hydrogen-bond acceptors (Lipinski definition) is 4. The molecule has 3 heterocycles. The van der Waals surface area contributed by atoms with Gasteiger partial charge in [-0.05, 0) is 50.2 Å². The molecule has 2 fully saturated rings. The molecule has 5 nitrogen and oxygen atoms in total. The summed E-state index contributed by atoms with van der Waals surface area (Å²) in [7, 11) is 0. The Labute approximate surface area is 160 Å². The number of rotatable bonds is 6. The second-order valence-electron chi connectivity index (χ2n) is 7.80. The van der Waals surface area contributed by atoms with Gasteiger partial charge in [-0.15, -0.1) is 11.3 Å². The van der Waals surface area contributed by atoms with E-state index >= 15 is 0 Å². The zero-order valence-electron chi connectivity index (χ0n) is 15.9. The topological polar surface area (TPSA) is 52.7 Å². The van der Waals surface area contributed by atoms with Gasteiger partial charge in [0.15, 0.2) is 0 Å². The standard InChI is InChI=1S/C20H31N3O2S/c1-15(2)20(25)23-11-5-7-16(14-23)19(24)21-13-17(18-8-6-12-26-18)22-9-3-4-10-22/h6,8,12,15-17H,3-5,7,9-11,13-14H2,1-2H3,(H,21,24)/t16-,17-/m1/s1. The number of carbonyl (C=O) groups excluding carboxylic acids is 2. The maximum Gasteiger partial charge on any atom is 0.225 e. The van der Waals surface area contributed by atoms with Crippen molar-refractivity contribution in [1.82, 2.24) is 15.1 Å².